The second-order valence-electron chi connectivity index (χ2n) is 5.17. The maximum absolute atomic E-state index is 9.97. The molecule has 0 bridgehead atoms. The Morgan fingerprint density at radius 1 is 1.44 bits per heavy atom. The Balaban J connectivity index is 1.62. The van der Waals surface area contributed by atoms with Crippen LogP contribution in [0.3, 0.4) is 0 Å². The maximum Gasteiger partial charge on any atom is 0.0791 e. The number of piperidine rings is 1. The molecule has 1 saturated heterocycles. The highest BCUT2D eigenvalue weighted by molar-refractivity contribution is 5.13. The summed E-state index contributed by atoms with van der Waals surface area (Å²) in [6, 6.07) is 0. The number of aromatic nitrogens is 2. The summed E-state index contributed by atoms with van der Waals surface area (Å²) in [6.45, 7) is 6.47. The number of aryl methyl sites for hydroxylation is 1. The molecule has 0 unspecified atom stereocenters. The van der Waals surface area contributed by atoms with E-state index in [2.05, 4.69) is 20.4 Å². The van der Waals surface area contributed by atoms with Gasteiger partial charge in [-0.2, -0.15) is 5.10 Å². The first kappa shape index (κ1) is 13.5. The molecule has 0 aromatic carbocycles. The van der Waals surface area contributed by atoms with Crippen molar-refractivity contribution < 1.29 is 5.11 Å². The highest BCUT2D eigenvalue weighted by Crippen LogP contribution is 2.08. The number of hydrogen-bond donors (Lipinski definition) is 3. The summed E-state index contributed by atoms with van der Waals surface area (Å²) >= 11 is 0. The Kier molecular flexibility index (Phi) is 5.16. The third kappa shape index (κ3) is 4.08. The Bertz CT molecular complexity index is 347. The van der Waals surface area contributed by atoms with Crippen molar-refractivity contribution >= 4 is 0 Å². The molecule has 1 aromatic heterocycles. The standard InChI is InChI=1S/C13H24N4O/c1-11-12(8-15-16-11)7-14-9-13(18)10-17-5-3-2-4-6-17/h8,13-14,18H,2-7,9-10H2,1H3,(H,15,16)/t13-/m0/s1. The summed E-state index contributed by atoms with van der Waals surface area (Å²) in [4.78, 5) is 2.36. The van der Waals surface area contributed by atoms with Crippen LogP contribution in [0, 0.1) is 6.92 Å². The van der Waals surface area contributed by atoms with Crippen LogP contribution < -0.4 is 5.32 Å². The first-order valence-corrected chi connectivity index (χ1v) is 6.85. The van der Waals surface area contributed by atoms with E-state index in [1.807, 2.05) is 13.1 Å². The molecule has 5 heteroatoms. The SMILES string of the molecule is Cc1[nH]ncc1CNC[C@H](O)CN1CCCCC1. The minimum Gasteiger partial charge on any atom is -0.390 e. The molecule has 0 saturated carbocycles. The van der Waals surface area contributed by atoms with Gasteiger partial charge in [0.1, 0.15) is 0 Å². The number of β-amino-alcohol motifs (C(OH)–C–C–N with tert-alkyl or cyclic N) is 1. The van der Waals surface area contributed by atoms with Crippen molar-refractivity contribution in [1.82, 2.24) is 20.4 Å². The van der Waals surface area contributed by atoms with Gasteiger partial charge >= 0.3 is 0 Å². The molecule has 0 radical (unpaired) electrons. The number of nitrogens with one attached hydrogen (secondary N) is 2. The van der Waals surface area contributed by atoms with E-state index in [0.717, 1.165) is 31.9 Å². The van der Waals surface area contributed by atoms with Gasteiger partial charge in [-0.3, -0.25) is 5.10 Å². The van der Waals surface area contributed by atoms with Gasteiger partial charge in [-0.1, -0.05) is 6.42 Å². The van der Waals surface area contributed by atoms with E-state index in [1.165, 1.54) is 24.8 Å². The molecule has 1 aliphatic heterocycles. The van der Waals surface area contributed by atoms with Crippen LogP contribution in [-0.4, -0.2) is 52.5 Å². The molecule has 0 amide bonds. The van der Waals surface area contributed by atoms with Crippen LogP contribution in [0.5, 0.6) is 0 Å². The van der Waals surface area contributed by atoms with Gasteiger partial charge < -0.3 is 15.3 Å². The molecule has 1 aromatic rings. The number of rotatable bonds is 6. The molecule has 1 fully saturated rings. The normalized spacial score (nSPS) is 19.0. The fourth-order valence-electron chi connectivity index (χ4n) is 2.43. The van der Waals surface area contributed by atoms with E-state index < -0.39 is 0 Å². The predicted octanol–water partition coefficient (Wildman–Crippen LogP) is 0.655. The third-order valence-electron chi connectivity index (χ3n) is 3.55. The second-order valence-corrected chi connectivity index (χ2v) is 5.17. The molecular weight excluding hydrogens is 228 g/mol. The van der Waals surface area contributed by atoms with Crippen molar-refractivity contribution in [2.45, 2.75) is 38.8 Å². The van der Waals surface area contributed by atoms with Gasteiger partial charge in [0.05, 0.1) is 12.3 Å². The van der Waals surface area contributed by atoms with Crippen LogP contribution in [0.4, 0.5) is 0 Å². The van der Waals surface area contributed by atoms with Crippen molar-refractivity contribution in [3.8, 4) is 0 Å². The van der Waals surface area contributed by atoms with E-state index in [-0.39, 0.29) is 6.10 Å². The van der Waals surface area contributed by atoms with E-state index in [9.17, 15) is 5.11 Å². The van der Waals surface area contributed by atoms with Crippen molar-refractivity contribution in [2.75, 3.05) is 26.2 Å². The molecule has 18 heavy (non-hydrogen) atoms. The van der Waals surface area contributed by atoms with E-state index in [4.69, 9.17) is 0 Å². The number of nitrogens with zero attached hydrogens (tertiary/aromatic N) is 2. The predicted molar refractivity (Wildman–Crippen MR) is 71.3 cm³/mol. The highest BCUT2D eigenvalue weighted by Gasteiger charge is 2.14. The fraction of sp³-hybridized carbons (Fsp3) is 0.769. The molecule has 3 N–H and O–H groups in total. The van der Waals surface area contributed by atoms with Gasteiger partial charge in [0, 0.05) is 30.9 Å². The highest BCUT2D eigenvalue weighted by atomic mass is 16.3. The van der Waals surface area contributed by atoms with Crippen molar-refractivity contribution in [2.24, 2.45) is 0 Å². The first-order valence-electron chi connectivity index (χ1n) is 6.85. The van der Waals surface area contributed by atoms with Gasteiger partial charge in [0.25, 0.3) is 0 Å². The molecule has 1 atom stereocenters. The molecule has 2 rings (SSSR count). The zero-order valence-electron chi connectivity index (χ0n) is 11.2. The molecular formula is C13H24N4O. The summed E-state index contributed by atoms with van der Waals surface area (Å²) < 4.78 is 0. The average molecular weight is 252 g/mol. The quantitative estimate of drug-likeness (QED) is 0.696. The van der Waals surface area contributed by atoms with Gasteiger partial charge in [0.15, 0.2) is 0 Å². The maximum atomic E-state index is 9.97. The lowest BCUT2D eigenvalue weighted by Gasteiger charge is -2.28. The second kappa shape index (κ2) is 6.87. The number of aromatic amines is 1. The minimum absolute atomic E-state index is 0.282. The fourth-order valence-corrected chi connectivity index (χ4v) is 2.43. The number of H-pyrrole nitrogens is 1. The summed E-state index contributed by atoms with van der Waals surface area (Å²) in [5.74, 6) is 0. The number of aliphatic hydroxyl groups is 1. The molecule has 2 heterocycles. The summed E-state index contributed by atoms with van der Waals surface area (Å²) in [6.07, 6.45) is 5.43. The molecule has 0 spiro atoms. The molecule has 5 nitrogen and oxygen atoms in total. The summed E-state index contributed by atoms with van der Waals surface area (Å²) in [5.41, 5.74) is 2.26. The lowest BCUT2D eigenvalue weighted by molar-refractivity contribution is 0.1000. The largest absolute Gasteiger partial charge is 0.390 e. The van der Waals surface area contributed by atoms with E-state index in [1.54, 1.807) is 0 Å². The number of hydrogen-bond acceptors (Lipinski definition) is 4. The smallest absolute Gasteiger partial charge is 0.0791 e. The Morgan fingerprint density at radius 2 is 2.22 bits per heavy atom. The van der Waals surface area contributed by atoms with Crippen LogP contribution in [0.2, 0.25) is 0 Å². The van der Waals surface area contributed by atoms with Gasteiger partial charge in [-0.05, 0) is 32.9 Å². The Morgan fingerprint density at radius 3 is 2.89 bits per heavy atom. The summed E-state index contributed by atoms with van der Waals surface area (Å²) in [7, 11) is 0. The molecule has 102 valence electrons. The Hall–Kier alpha value is -0.910. The number of likely N-dealkylation sites (tertiary alicyclic amines) is 1. The zero-order valence-corrected chi connectivity index (χ0v) is 11.2. The van der Waals surface area contributed by atoms with Crippen LogP contribution in [0.25, 0.3) is 0 Å². The van der Waals surface area contributed by atoms with Crippen LogP contribution in [0.15, 0.2) is 6.20 Å². The monoisotopic (exact) mass is 252 g/mol. The third-order valence-corrected chi connectivity index (χ3v) is 3.55. The lowest BCUT2D eigenvalue weighted by atomic mass is 10.1. The van der Waals surface area contributed by atoms with Gasteiger partial charge in [0.2, 0.25) is 0 Å². The van der Waals surface area contributed by atoms with Gasteiger partial charge in [-0.15, -0.1) is 0 Å². The molecule has 1 aliphatic rings. The topological polar surface area (TPSA) is 64.2 Å². The number of aliphatic hydroxyl groups excluding tert-OH is 1. The van der Waals surface area contributed by atoms with E-state index in [0.29, 0.717) is 6.54 Å². The van der Waals surface area contributed by atoms with Gasteiger partial charge in [-0.25, -0.2) is 0 Å². The van der Waals surface area contributed by atoms with Crippen LogP contribution in [-0.2, 0) is 6.54 Å². The molecule has 0 aliphatic carbocycles. The Labute approximate surface area is 109 Å². The summed E-state index contributed by atoms with van der Waals surface area (Å²) in [5, 5.41) is 20.1. The zero-order chi connectivity index (χ0) is 12.8. The van der Waals surface area contributed by atoms with Crippen molar-refractivity contribution in [1.29, 1.82) is 0 Å². The first-order chi connectivity index (χ1) is 8.75. The van der Waals surface area contributed by atoms with Crippen molar-refractivity contribution in [3.63, 3.8) is 0 Å². The van der Waals surface area contributed by atoms with Crippen LogP contribution >= 0.6 is 0 Å². The van der Waals surface area contributed by atoms with Crippen LogP contribution in [0.1, 0.15) is 30.5 Å². The lowest BCUT2D eigenvalue weighted by Crippen LogP contribution is -2.40. The van der Waals surface area contributed by atoms with E-state index >= 15 is 0 Å². The van der Waals surface area contributed by atoms with Crippen molar-refractivity contribution in [3.05, 3.63) is 17.5 Å². The minimum atomic E-state index is -0.282. The average Bonchev–Trinajstić information content (AvgIpc) is 2.76.